The first-order chi connectivity index (χ1) is 12.8. The fourth-order valence-electron chi connectivity index (χ4n) is 2.64. The molecule has 26 heavy (non-hydrogen) atoms. The number of unbranched alkanes of at least 4 members (excludes halogenated alkanes) is 2. The SMILES string of the molecule is CCc1ccc(C(=O)NCCCCCc2nc(-c3cccs3)no2)cc1. The van der Waals surface area contributed by atoms with Crippen LogP contribution in [-0.2, 0) is 12.8 Å². The molecule has 0 fully saturated rings. The molecule has 3 aromatic rings. The Kier molecular flexibility index (Phi) is 6.55. The lowest BCUT2D eigenvalue weighted by Gasteiger charge is -2.05. The first-order valence-electron chi connectivity index (χ1n) is 9.00. The van der Waals surface area contributed by atoms with E-state index in [0.29, 0.717) is 23.8 Å². The average Bonchev–Trinajstić information content (AvgIpc) is 3.36. The van der Waals surface area contributed by atoms with Crippen LogP contribution in [0.15, 0.2) is 46.3 Å². The van der Waals surface area contributed by atoms with Crippen molar-refractivity contribution >= 4 is 17.2 Å². The summed E-state index contributed by atoms with van der Waals surface area (Å²) < 4.78 is 5.29. The number of nitrogens with one attached hydrogen (secondary N) is 1. The Balaban J connectivity index is 1.32. The van der Waals surface area contributed by atoms with E-state index in [1.54, 1.807) is 11.3 Å². The maximum Gasteiger partial charge on any atom is 0.251 e. The standard InChI is InChI=1S/C20H23N3O2S/c1-2-15-9-11-16(12-10-15)20(24)21-13-5-3-4-8-18-22-19(23-25-18)17-7-6-14-26-17/h6-7,9-12,14H,2-5,8,13H2,1H3,(H,21,24). The van der Waals surface area contributed by atoms with Crippen molar-refractivity contribution in [1.29, 1.82) is 0 Å². The van der Waals surface area contributed by atoms with Gasteiger partial charge in [-0.15, -0.1) is 11.3 Å². The molecule has 0 aliphatic rings. The fraction of sp³-hybridized carbons (Fsp3) is 0.350. The van der Waals surface area contributed by atoms with Gasteiger partial charge in [-0.2, -0.15) is 4.98 Å². The molecule has 0 saturated heterocycles. The number of thiophene rings is 1. The third-order valence-corrected chi connectivity index (χ3v) is 5.05. The van der Waals surface area contributed by atoms with Gasteiger partial charge in [0.2, 0.25) is 11.7 Å². The van der Waals surface area contributed by atoms with Crippen LogP contribution in [-0.4, -0.2) is 22.6 Å². The van der Waals surface area contributed by atoms with Crippen LogP contribution in [0.3, 0.4) is 0 Å². The van der Waals surface area contributed by atoms with E-state index in [2.05, 4.69) is 22.4 Å². The summed E-state index contributed by atoms with van der Waals surface area (Å²) in [7, 11) is 0. The Bertz CT molecular complexity index is 810. The molecular formula is C20H23N3O2S. The Morgan fingerprint density at radius 3 is 2.73 bits per heavy atom. The lowest BCUT2D eigenvalue weighted by Crippen LogP contribution is -2.24. The van der Waals surface area contributed by atoms with E-state index < -0.39 is 0 Å². The van der Waals surface area contributed by atoms with Crippen LogP contribution in [0.2, 0.25) is 0 Å². The molecule has 0 bridgehead atoms. The Labute approximate surface area is 157 Å². The summed E-state index contributed by atoms with van der Waals surface area (Å²) in [5.41, 5.74) is 1.96. The van der Waals surface area contributed by atoms with Crippen LogP contribution in [0.5, 0.6) is 0 Å². The lowest BCUT2D eigenvalue weighted by molar-refractivity contribution is 0.0953. The Morgan fingerprint density at radius 1 is 1.15 bits per heavy atom. The van der Waals surface area contributed by atoms with E-state index >= 15 is 0 Å². The number of aryl methyl sites for hydroxylation is 2. The molecule has 0 saturated carbocycles. The van der Waals surface area contributed by atoms with Crippen LogP contribution < -0.4 is 5.32 Å². The highest BCUT2D eigenvalue weighted by Crippen LogP contribution is 2.21. The van der Waals surface area contributed by atoms with Crippen LogP contribution in [0.1, 0.15) is 48.0 Å². The summed E-state index contributed by atoms with van der Waals surface area (Å²) in [6.45, 7) is 2.78. The number of nitrogens with zero attached hydrogens (tertiary/aromatic N) is 2. The molecule has 1 amide bonds. The number of rotatable bonds is 9. The maximum atomic E-state index is 12.1. The topological polar surface area (TPSA) is 68.0 Å². The molecule has 3 rings (SSSR count). The van der Waals surface area contributed by atoms with E-state index in [1.165, 1.54) is 5.56 Å². The molecule has 0 unspecified atom stereocenters. The molecule has 0 aliphatic carbocycles. The number of hydrogen-bond acceptors (Lipinski definition) is 5. The Morgan fingerprint density at radius 2 is 2.00 bits per heavy atom. The summed E-state index contributed by atoms with van der Waals surface area (Å²) in [5.74, 6) is 1.33. The molecule has 6 heteroatoms. The number of benzene rings is 1. The van der Waals surface area contributed by atoms with Crippen molar-refractivity contribution in [2.45, 2.75) is 39.0 Å². The van der Waals surface area contributed by atoms with Gasteiger partial charge in [0, 0.05) is 18.5 Å². The molecular weight excluding hydrogens is 346 g/mol. The normalized spacial score (nSPS) is 10.8. The van der Waals surface area contributed by atoms with E-state index in [4.69, 9.17) is 4.52 Å². The third kappa shape index (κ3) is 5.02. The summed E-state index contributed by atoms with van der Waals surface area (Å²) in [5, 5.41) is 8.98. The van der Waals surface area contributed by atoms with Crippen molar-refractivity contribution in [2.75, 3.05) is 6.54 Å². The quantitative estimate of drug-likeness (QED) is 0.564. The van der Waals surface area contributed by atoms with Crippen molar-refractivity contribution < 1.29 is 9.32 Å². The predicted octanol–water partition coefficient (Wildman–Crippen LogP) is 4.50. The highest BCUT2D eigenvalue weighted by Gasteiger charge is 2.09. The van der Waals surface area contributed by atoms with Gasteiger partial charge < -0.3 is 9.84 Å². The monoisotopic (exact) mass is 369 g/mol. The van der Waals surface area contributed by atoms with E-state index in [9.17, 15) is 4.79 Å². The summed E-state index contributed by atoms with van der Waals surface area (Å²) in [6, 6.07) is 11.7. The van der Waals surface area contributed by atoms with Crippen LogP contribution in [0.25, 0.3) is 10.7 Å². The molecule has 5 nitrogen and oxygen atoms in total. The van der Waals surface area contributed by atoms with Gasteiger partial charge in [-0.05, 0) is 48.4 Å². The van der Waals surface area contributed by atoms with Crippen LogP contribution in [0, 0.1) is 0 Å². The first-order valence-corrected chi connectivity index (χ1v) is 9.88. The van der Waals surface area contributed by atoms with Gasteiger partial charge in [0.15, 0.2) is 0 Å². The van der Waals surface area contributed by atoms with Crippen molar-refractivity contribution in [3.63, 3.8) is 0 Å². The molecule has 2 aromatic heterocycles. The zero-order valence-electron chi connectivity index (χ0n) is 14.9. The number of carbonyl (C=O) groups excluding carboxylic acids is 1. The summed E-state index contributed by atoms with van der Waals surface area (Å²) in [4.78, 5) is 17.5. The highest BCUT2D eigenvalue weighted by molar-refractivity contribution is 7.13. The maximum absolute atomic E-state index is 12.1. The largest absolute Gasteiger partial charge is 0.352 e. The first kappa shape index (κ1) is 18.3. The van der Waals surface area contributed by atoms with Gasteiger partial charge in [0.05, 0.1) is 4.88 Å². The van der Waals surface area contributed by atoms with Crippen molar-refractivity contribution in [1.82, 2.24) is 15.5 Å². The minimum absolute atomic E-state index is 0.00913. The molecule has 0 atom stereocenters. The third-order valence-electron chi connectivity index (χ3n) is 4.19. The minimum Gasteiger partial charge on any atom is -0.352 e. The molecule has 0 radical (unpaired) electrons. The summed E-state index contributed by atoms with van der Waals surface area (Å²) in [6.07, 6.45) is 4.66. The number of carbonyl (C=O) groups is 1. The highest BCUT2D eigenvalue weighted by atomic mass is 32.1. The average molecular weight is 369 g/mol. The van der Waals surface area contributed by atoms with E-state index in [0.717, 1.165) is 37.0 Å². The van der Waals surface area contributed by atoms with Gasteiger partial charge in [-0.1, -0.05) is 36.7 Å². The molecule has 136 valence electrons. The molecule has 2 heterocycles. The van der Waals surface area contributed by atoms with Crippen molar-refractivity contribution in [3.05, 3.63) is 58.8 Å². The van der Waals surface area contributed by atoms with Gasteiger partial charge in [0.1, 0.15) is 0 Å². The zero-order valence-corrected chi connectivity index (χ0v) is 15.7. The molecule has 1 N–H and O–H groups in total. The molecule has 1 aromatic carbocycles. The summed E-state index contributed by atoms with van der Waals surface area (Å²) >= 11 is 1.60. The second-order valence-corrected chi connectivity index (χ2v) is 7.05. The van der Waals surface area contributed by atoms with E-state index in [1.807, 2.05) is 41.8 Å². The van der Waals surface area contributed by atoms with Gasteiger partial charge in [-0.3, -0.25) is 4.79 Å². The Hall–Kier alpha value is -2.47. The van der Waals surface area contributed by atoms with Gasteiger partial charge in [-0.25, -0.2) is 0 Å². The molecule has 0 aliphatic heterocycles. The van der Waals surface area contributed by atoms with Gasteiger partial charge in [0.25, 0.3) is 5.91 Å². The van der Waals surface area contributed by atoms with Gasteiger partial charge >= 0.3 is 0 Å². The van der Waals surface area contributed by atoms with Crippen LogP contribution in [0.4, 0.5) is 0 Å². The second-order valence-electron chi connectivity index (χ2n) is 6.11. The zero-order chi connectivity index (χ0) is 18.2. The number of aromatic nitrogens is 2. The fourth-order valence-corrected chi connectivity index (χ4v) is 3.29. The smallest absolute Gasteiger partial charge is 0.251 e. The number of hydrogen-bond donors (Lipinski definition) is 1. The minimum atomic E-state index is -0.00913. The number of amides is 1. The lowest BCUT2D eigenvalue weighted by atomic mass is 10.1. The van der Waals surface area contributed by atoms with Crippen molar-refractivity contribution in [3.8, 4) is 10.7 Å². The van der Waals surface area contributed by atoms with Crippen molar-refractivity contribution in [2.24, 2.45) is 0 Å². The van der Waals surface area contributed by atoms with E-state index in [-0.39, 0.29) is 5.91 Å². The van der Waals surface area contributed by atoms with Crippen LogP contribution >= 0.6 is 11.3 Å². The second kappa shape index (κ2) is 9.29. The predicted molar refractivity (Wildman–Crippen MR) is 103 cm³/mol. The molecule has 0 spiro atoms.